The van der Waals surface area contributed by atoms with Crippen molar-refractivity contribution in [3.8, 4) is 0 Å². The number of likely N-dealkylation sites (tertiary alicyclic amines) is 1. The van der Waals surface area contributed by atoms with Crippen LogP contribution >= 0.6 is 11.3 Å². The highest BCUT2D eigenvalue weighted by molar-refractivity contribution is 7.11. The lowest BCUT2D eigenvalue weighted by Crippen LogP contribution is -2.32. The first-order chi connectivity index (χ1) is 9.08. The van der Waals surface area contributed by atoms with Crippen LogP contribution in [-0.2, 0) is 24.2 Å². The van der Waals surface area contributed by atoms with Crippen molar-refractivity contribution < 1.29 is 9.90 Å². The summed E-state index contributed by atoms with van der Waals surface area (Å²) in [4.78, 5) is 18.8. The van der Waals surface area contributed by atoms with Crippen molar-refractivity contribution in [2.45, 2.75) is 46.1 Å². The summed E-state index contributed by atoms with van der Waals surface area (Å²) in [7, 11) is 0. The maximum atomic E-state index is 10.8. The minimum Gasteiger partial charge on any atom is -0.481 e. The zero-order chi connectivity index (χ0) is 13.8. The van der Waals surface area contributed by atoms with E-state index in [1.165, 1.54) is 12.8 Å². The Morgan fingerprint density at radius 1 is 1.47 bits per heavy atom. The molecule has 1 aromatic heterocycles. The molecule has 1 aromatic rings. The predicted octanol–water partition coefficient (Wildman–Crippen LogP) is 2.56. The molecule has 1 fully saturated rings. The number of nitrogens with zero attached hydrogens (tertiary/aromatic N) is 2. The van der Waals surface area contributed by atoms with Crippen LogP contribution in [0.25, 0.3) is 0 Å². The maximum Gasteiger partial charge on any atom is 0.308 e. The van der Waals surface area contributed by atoms with Crippen LogP contribution in [0.15, 0.2) is 0 Å². The second-order valence-corrected chi connectivity index (χ2v) is 6.53. The zero-order valence-corrected chi connectivity index (χ0v) is 12.5. The standard InChI is InChI=1S/C14H22N2O2S/c1-3-11-12(8-14(17)18)19-13(15-11)9-16-6-4-10(2)5-7-16/h10H,3-9H2,1-2H3,(H,17,18). The number of piperidine rings is 1. The molecule has 1 aliphatic rings. The molecule has 0 saturated carbocycles. The third kappa shape index (κ3) is 4.01. The number of hydrogen-bond acceptors (Lipinski definition) is 4. The van der Waals surface area contributed by atoms with Crippen LogP contribution in [0.1, 0.15) is 42.3 Å². The summed E-state index contributed by atoms with van der Waals surface area (Å²) in [5, 5.41) is 9.99. The number of thiazole rings is 1. The van der Waals surface area contributed by atoms with Gasteiger partial charge in [-0.3, -0.25) is 9.69 Å². The van der Waals surface area contributed by atoms with E-state index >= 15 is 0 Å². The summed E-state index contributed by atoms with van der Waals surface area (Å²) in [6.07, 6.45) is 3.44. The summed E-state index contributed by atoms with van der Waals surface area (Å²) in [6, 6.07) is 0. The molecule has 0 radical (unpaired) electrons. The summed E-state index contributed by atoms with van der Waals surface area (Å²) >= 11 is 1.57. The smallest absolute Gasteiger partial charge is 0.308 e. The number of carbonyl (C=O) groups is 1. The van der Waals surface area contributed by atoms with Crippen LogP contribution < -0.4 is 0 Å². The van der Waals surface area contributed by atoms with E-state index in [1.807, 2.05) is 6.92 Å². The Balaban J connectivity index is 2.00. The van der Waals surface area contributed by atoms with E-state index in [-0.39, 0.29) is 6.42 Å². The molecule has 0 amide bonds. The van der Waals surface area contributed by atoms with Crippen LogP contribution in [0, 0.1) is 5.92 Å². The number of aryl methyl sites for hydroxylation is 1. The number of hydrogen-bond donors (Lipinski definition) is 1. The molecule has 0 unspecified atom stereocenters. The van der Waals surface area contributed by atoms with Gasteiger partial charge in [0.1, 0.15) is 5.01 Å². The molecule has 19 heavy (non-hydrogen) atoms. The van der Waals surface area contributed by atoms with E-state index in [2.05, 4.69) is 16.8 Å². The molecule has 2 heterocycles. The predicted molar refractivity (Wildman–Crippen MR) is 76.5 cm³/mol. The van der Waals surface area contributed by atoms with Crippen molar-refractivity contribution in [3.63, 3.8) is 0 Å². The Morgan fingerprint density at radius 2 is 2.16 bits per heavy atom. The maximum absolute atomic E-state index is 10.8. The minimum absolute atomic E-state index is 0.109. The molecule has 0 spiro atoms. The van der Waals surface area contributed by atoms with Crippen LogP contribution in [-0.4, -0.2) is 34.0 Å². The summed E-state index contributed by atoms with van der Waals surface area (Å²) < 4.78 is 0. The van der Waals surface area contributed by atoms with Gasteiger partial charge in [-0.2, -0.15) is 0 Å². The van der Waals surface area contributed by atoms with E-state index in [0.29, 0.717) is 0 Å². The van der Waals surface area contributed by atoms with Crippen molar-refractivity contribution in [2.24, 2.45) is 5.92 Å². The monoisotopic (exact) mass is 282 g/mol. The molecule has 0 bridgehead atoms. The molecule has 106 valence electrons. The van der Waals surface area contributed by atoms with Crippen molar-refractivity contribution in [1.29, 1.82) is 0 Å². The molecular formula is C14H22N2O2S. The lowest BCUT2D eigenvalue weighted by atomic mass is 9.99. The Hall–Kier alpha value is -0.940. The number of aliphatic carboxylic acids is 1. The van der Waals surface area contributed by atoms with Gasteiger partial charge in [-0.1, -0.05) is 13.8 Å². The highest BCUT2D eigenvalue weighted by Gasteiger charge is 2.18. The van der Waals surface area contributed by atoms with Gasteiger partial charge in [-0.05, 0) is 38.3 Å². The van der Waals surface area contributed by atoms with Crippen molar-refractivity contribution in [1.82, 2.24) is 9.88 Å². The van der Waals surface area contributed by atoms with Crippen LogP contribution in [0.2, 0.25) is 0 Å². The first-order valence-corrected chi connectivity index (χ1v) is 7.81. The molecule has 1 saturated heterocycles. The van der Waals surface area contributed by atoms with Gasteiger partial charge in [0.15, 0.2) is 0 Å². The van der Waals surface area contributed by atoms with Gasteiger partial charge in [-0.15, -0.1) is 11.3 Å². The Bertz CT molecular complexity index is 437. The van der Waals surface area contributed by atoms with Crippen molar-refractivity contribution >= 4 is 17.3 Å². The molecule has 5 heteroatoms. The van der Waals surface area contributed by atoms with Gasteiger partial charge < -0.3 is 5.11 Å². The summed E-state index contributed by atoms with van der Waals surface area (Å²) in [5.74, 6) is 0.0676. The quantitative estimate of drug-likeness (QED) is 0.902. The Kier molecular flexibility index (Phi) is 4.93. The fourth-order valence-electron chi connectivity index (χ4n) is 2.47. The average molecular weight is 282 g/mol. The molecular weight excluding hydrogens is 260 g/mol. The Morgan fingerprint density at radius 3 is 2.74 bits per heavy atom. The minimum atomic E-state index is -0.767. The number of rotatable bonds is 5. The van der Waals surface area contributed by atoms with Gasteiger partial charge in [-0.25, -0.2) is 4.98 Å². The normalized spacial score (nSPS) is 17.8. The number of aromatic nitrogens is 1. The van der Waals surface area contributed by atoms with Crippen LogP contribution in [0.4, 0.5) is 0 Å². The van der Waals surface area contributed by atoms with Crippen LogP contribution in [0.5, 0.6) is 0 Å². The number of carboxylic acid groups (broad SMARTS) is 1. The average Bonchev–Trinajstić information content (AvgIpc) is 2.73. The highest BCUT2D eigenvalue weighted by Crippen LogP contribution is 2.23. The largest absolute Gasteiger partial charge is 0.481 e. The first kappa shape index (κ1) is 14.5. The van der Waals surface area contributed by atoms with Crippen molar-refractivity contribution in [2.75, 3.05) is 13.1 Å². The second kappa shape index (κ2) is 6.48. The van der Waals surface area contributed by atoms with Gasteiger partial charge in [0, 0.05) is 4.88 Å². The fraction of sp³-hybridized carbons (Fsp3) is 0.714. The van der Waals surface area contributed by atoms with E-state index in [9.17, 15) is 4.79 Å². The Labute approximate surface area is 118 Å². The van der Waals surface area contributed by atoms with Crippen molar-refractivity contribution in [3.05, 3.63) is 15.6 Å². The third-order valence-corrected chi connectivity index (χ3v) is 4.79. The van der Waals surface area contributed by atoms with Gasteiger partial charge in [0.2, 0.25) is 0 Å². The van der Waals surface area contributed by atoms with E-state index in [0.717, 1.165) is 47.6 Å². The zero-order valence-electron chi connectivity index (χ0n) is 11.7. The molecule has 4 nitrogen and oxygen atoms in total. The topological polar surface area (TPSA) is 53.4 Å². The SMILES string of the molecule is CCc1nc(CN2CCC(C)CC2)sc1CC(=O)O. The third-order valence-electron chi connectivity index (χ3n) is 3.70. The summed E-state index contributed by atoms with van der Waals surface area (Å²) in [6.45, 7) is 7.49. The molecule has 0 aromatic carbocycles. The van der Waals surface area contributed by atoms with E-state index in [4.69, 9.17) is 5.11 Å². The second-order valence-electron chi connectivity index (χ2n) is 5.36. The summed E-state index contributed by atoms with van der Waals surface area (Å²) in [5.41, 5.74) is 0.966. The molecule has 0 atom stereocenters. The lowest BCUT2D eigenvalue weighted by Gasteiger charge is -2.29. The van der Waals surface area contributed by atoms with Gasteiger partial charge >= 0.3 is 5.97 Å². The number of carboxylic acids is 1. The van der Waals surface area contributed by atoms with Gasteiger partial charge in [0.25, 0.3) is 0 Å². The van der Waals surface area contributed by atoms with E-state index in [1.54, 1.807) is 11.3 Å². The molecule has 1 N–H and O–H groups in total. The molecule has 2 rings (SSSR count). The fourth-order valence-corrected chi connectivity index (χ4v) is 3.66. The molecule has 0 aliphatic carbocycles. The molecule has 1 aliphatic heterocycles. The highest BCUT2D eigenvalue weighted by atomic mass is 32.1. The van der Waals surface area contributed by atoms with Crippen LogP contribution in [0.3, 0.4) is 0 Å². The lowest BCUT2D eigenvalue weighted by molar-refractivity contribution is -0.136. The van der Waals surface area contributed by atoms with Gasteiger partial charge in [0.05, 0.1) is 18.7 Å². The first-order valence-electron chi connectivity index (χ1n) is 7.00. The van der Waals surface area contributed by atoms with E-state index < -0.39 is 5.97 Å².